The van der Waals surface area contributed by atoms with E-state index in [1.54, 1.807) is 67.4 Å². The molecule has 2 aromatic heterocycles. The van der Waals surface area contributed by atoms with Gasteiger partial charge in [0.2, 0.25) is 11.5 Å². The number of aromatic nitrogens is 2. The summed E-state index contributed by atoms with van der Waals surface area (Å²) in [7, 11) is 9.46. The van der Waals surface area contributed by atoms with Crippen LogP contribution in [0.25, 0.3) is 22.3 Å². The van der Waals surface area contributed by atoms with Gasteiger partial charge in [0.05, 0.1) is 53.8 Å². The van der Waals surface area contributed by atoms with E-state index in [0.29, 0.717) is 89.6 Å². The minimum absolute atomic E-state index is 0.0102. The second-order valence-corrected chi connectivity index (χ2v) is 14.1. The van der Waals surface area contributed by atoms with Crippen molar-refractivity contribution in [1.82, 2.24) is 19.8 Å². The van der Waals surface area contributed by atoms with Gasteiger partial charge in [-0.1, -0.05) is 13.3 Å². The number of likely N-dealkylation sites (tertiary alicyclic amines) is 2. The molecule has 12 heteroatoms. The Morgan fingerprint density at radius 1 is 0.545 bits per heavy atom. The van der Waals surface area contributed by atoms with Crippen LogP contribution in [-0.2, 0) is 0 Å². The molecule has 0 N–H and O–H groups in total. The molecule has 12 nitrogen and oxygen atoms in total. The Hall–Kier alpha value is -5.52. The number of pyridine rings is 2. The molecule has 2 fully saturated rings. The predicted octanol–water partition coefficient (Wildman–Crippen LogP) is 7.29. The Labute approximate surface area is 323 Å². The minimum atomic E-state index is -0.0102. The average Bonchev–Trinajstić information content (AvgIpc) is 3.25. The number of methoxy groups -OCH3 is 6. The monoisotopic (exact) mass is 752 g/mol. The number of carbonyl (C=O) groups is 2. The molecule has 4 aromatic rings. The molecule has 2 aliphatic heterocycles. The van der Waals surface area contributed by atoms with Gasteiger partial charge in [0, 0.05) is 62.1 Å². The third kappa shape index (κ3) is 8.28. The van der Waals surface area contributed by atoms with Gasteiger partial charge in [0.1, 0.15) is 0 Å². The summed E-state index contributed by atoms with van der Waals surface area (Å²) in [6.45, 7) is 5.12. The molecular formula is C43H52N4O8. The zero-order chi connectivity index (χ0) is 39.1. The molecule has 2 aromatic carbocycles. The van der Waals surface area contributed by atoms with Crippen LogP contribution in [0.5, 0.6) is 34.5 Å². The van der Waals surface area contributed by atoms with E-state index in [-0.39, 0.29) is 11.8 Å². The fourth-order valence-corrected chi connectivity index (χ4v) is 8.40. The van der Waals surface area contributed by atoms with Crippen molar-refractivity contribution >= 4 is 11.8 Å². The molecule has 0 unspecified atom stereocenters. The van der Waals surface area contributed by atoms with E-state index < -0.39 is 0 Å². The van der Waals surface area contributed by atoms with Crippen molar-refractivity contribution in [3.63, 3.8) is 0 Å². The number of rotatable bonds is 13. The lowest BCUT2D eigenvalue weighted by molar-refractivity contribution is 0.0503. The van der Waals surface area contributed by atoms with Crippen LogP contribution in [0.1, 0.15) is 59.7 Å². The number of hydrogen-bond donors (Lipinski definition) is 0. The Bertz CT molecular complexity index is 1780. The number of amides is 2. The van der Waals surface area contributed by atoms with Crippen molar-refractivity contribution < 1.29 is 38.0 Å². The molecule has 55 heavy (non-hydrogen) atoms. The van der Waals surface area contributed by atoms with Crippen molar-refractivity contribution in [3.05, 3.63) is 72.3 Å². The van der Waals surface area contributed by atoms with E-state index in [1.165, 1.54) is 0 Å². The van der Waals surface area contributed by atoms with Gasteiger partial charge in [-0.2, -0.15) is 0 Å². The number of benzene rings is 2. The molecule has 0 bridgehead atoms. The molecule has 0 aliphatic carbocycles. The Morgan fingerprint density at radius 3 is 1.18 bits per heavy atom. The lowest BCUT2D eigenvalue weighted by Crippen LogP contribution is -2.44. The second kappa shape index (κ2) is 17.7. The summed E-state index contributed by atoms with van der Waals surface area (Å²) in [5, 5.41) is 0. The summed E-state index contributed by atoms with van der Waals surface area (Å²) in [6, 6.07) is 11.2. The standard InChI is InChI=1S/C43H52N4O8/c1-8-35(27-9-13-46(14-10-27)42(48)33-17-31(23-44-25-33)29-19-36(50-2)40(54-6)37(20-29)51-3)28-11-15-47(16-12-28)43(49)34-18-32(24-45-26-34)30-21-38(52-4)41(55-7)39(22-30)53-5/h17-28,35H,8-16H2,1-7H3. The summed E-state index contributed by atoms with van der Waals surface area (Å²) in [5.41, 5.74) is 4.32. The molecule has 2 saturated heterocycles. The Kier molecular flexibility index (Phi) is 12.6. The van der Waals surface area contributed by atoms with Crippen LogP contribution in [0, 0.1) is 17.8 Å². The van der Waals surface area contributed by atoms with Crippen LogP contribution in [0.2, 0.25) is 0 Å². The van der Waals surface area contributed by atoms with Gasteiger partial charge in [-0.15, -0.1) is 0 Å². The van der Waals surface area contributed by atoms with Gasteiger partial charge in [-0.05, 0) is 91.0 Å². The molecule has 0 saturated carbocycles. The van der Waals surface area contributed by atoms with E-state index >= 15 is 0 Å². The molecule has 0 atom stereocenters. The quantitative estimate of drug-likeness (QED) is 0.138. The van der Waals surface area contributed by atoms with Gasteiger partial charge in [0.25, 0.3) is 11.8 Å². The lowest BCUT2D eigenvalue weighted by Gasteiger charge is -2.42. The highest BCUT2D eigenvalue weighted by Gasteiger charge is 2.35. The maximum Gasteiger partial charge on any atom is 0.255 e. The first kappa shape index (κ1) is 39.2. The third-order valence-corrected chi connectivity index (χ3v) is 11.3. The largest absolute Gasteiger partial charge is 0.493 e. The first-order valence-electron chi connectivity index (χ1n) is 18.9. The van der Waals surface area contributed by atoms with E-state index in [1.807, 2.05) is 46.2 Å². The van der Waals surface area contributed by atoms with Gasteiger partial charge in [0.15, 0.2) is 23.0 Å². The minimum Gasteiger partial charge on any atom is -0.493 e. The highest BCUT2D eigenvalue weighted by atomic mass is 16.5. The maximum absolute atomic E-state index is 13.7. The number of hydrogen-bond acceptors (Lipinski definition) is 10. The molecule has 6 rings (SSSR count). The Morgan fingerprint density at radius 2 is 0.891 bits per heavy atom. The van der Waals surface area contributed by atoms with Crippen LogP contribution in [0.3, 0.4) is 0 Å². The van der Waals surface area contributed by atoms with Crippen LogP contribution < -0.4 is 28.4 Å². The zero-order valence-corrected chi connectivity index (χ0v) is 32.9. The lowest BCUT2D eigenvalue weighted by atomic mass is 9.72. The topological polar surface area (TPSA) is 122 Å². The Balaban J connectivity index is 1.05. The van der Waals surface area contributed by atoms with Crippen molar-refractivity contribution in [3.8, 4) is 56.8 Å². The number of piperidine rings is 2. The van der Waals surface area contributed by atoms with Crippen molar-refractivity contribution in [2.45, 2.75) is 39.0 Å². The summed E-state index contributed by atoms with van der Waals surface area (Å²) >= 11 is 0. The summed E-state index contributed by atoms with van der Waals surface area (Å²) in [6.07, 6.45) is 11.7. The molecule has 0 spiro atoms. The number of nitrogens with zero attached hydrogens (tertiary/aromatic N) is 4. The SMILES string of the molecule is CCC(C1CCN(C(=O)c2cncc(-c3cc(OC)c(OC)c(OC)c3)c2)CC1)C1CCN(C(=O)c2cncc(-c3cc(OC)c(OC)c(OC)c3)c2)CC1. The molecule has 2 aliphatic rings. The van der Waals surface area contributed by atoms with Crippen molar-refractivity contribution in [2.24, 2.45) is 17.8 Å². The van der Waals surface area contributed by atoms with E-state index in [9.17, 15) is 9.59 Å². The molecule has 4 heterocycles. The van der Waals surface area contributed by atoms with Crippen molar-refractivity contribution in [2.75, 3.05) is 68.8 Å². The van der Waals surface area contributed by atoms with Crippen LogP contribution >= 0.6 is 0 Å². The fraction of sp³-hybridized carbons (Fsp3) is 0.442. The molecule has 0 radical (unpaired) electrons. The van der Waals surface area contributed by atoms with E-state index in [2.05, 4.69) is 16.9 Å². The summed E-state index contributed by atoms with van der Waals surface area (Å²) in [4.78, 5) is 40.2. The van der Waals surface area contributed by atoms with Gasteiger partial charge in [-0.3, -0.25) is 19.6 Å². The number of carbonyl (C=O) groups excluding carboxylic acids is 2. The van der Waals surface area contributed by atoms with Gasteiger partial charge < -0.3 is 38.2 Å². The van der Waals surface area contributed by atoms with Crippen LogP contribution in [-0.4, -0.2) is 100 Å². The second-order valence-electron chi connectivity index (χ2n) is 14.1. The van der Waals surface area contributed by atoms with E-state index in [0.717, 1.165) is 54.4 Å². The van der Waals surface area contributed by atoms with Crippen LogP contribution in [0.15, 0.2) is 61.2 Å². The molecular weight excluding hydrogens is 700 g/mol. The van der Waals surface area contributed by atoms with Crippen LogP contribution in [0.4, 0.5) is 0 Å². The highest BCUT2D eigenvalue weighted by Crippen LogP contribution is 2.43. The summed E-state index contributed by atoms with van der Waals surface area (Å²) in [5.74, 6) is 4.75. The van der Waals surface area contributed by atoms with Crippen molar-refractivity contribution in [1.29, 1.82) is 0 Å². The zero-order valence-electron chi connectivity index (χ0n) is 32.9. The average molecular weight is 753 g/mol. The first-order valence-corrected chi connectivity index (χ1v) is 18.9. The smallest absolute Gasteiger partial charge is 0.255 e. The van der Waals surface area contributed by atoms with E-state index in [4.69, 9.17) is 28.4 Å². The predicted molar refractivity (Wildman–Crippen MR) is 210 cm³/mol. The maximum atomic E-state index is 13.7. The molecule has 2 amide bonds. The van der Waals surface area contributed by atoms with Gasteiger partial charge >= 0.3 is 0 Å². The highest BCUT2D eigenvalue weighted by molar-refractivity contribution is 5.96. The van der Waals surface area contributed by atoms with Gasteiger partial charge in [-0.25, -0.2) is 0 Å². The normalized spacial score (nSPS) is 15.1. The summed E-state index contributed by atoms with van der Waals surface area (Å²) < 4.78 is 33.1. The number of ether oxygens (including phenoxy) is 6. The third-order valence-electron chi connectivity index (χ3n) is 11.3. The molecule has 292 valence electrons. The first-order chi connectivity index (χ1) is 26.8. The fourth-order valence-electron chi connectivity index (χ4n) is 8.40.